The van der Waals surface area contributed by atoms with Crippen LogP contribution in [-0.2, 0) is 6.42 Å². The summed E-state index contributed by atoms with van der Waals surface area (Å²) < 4.78 is 0. The van der Waals surface area contributed by atoms with Crippen molar-refractivity contribution in [3.8, 4) is 0 Å². The highest BCUT2D eigenvalue weighted by Gasteiger charge is 2.09. The molecule has 0 spiro atoms. The number of benzene rings is 1. The monoisotopic (exact) mass is 246 g/mol. The predicted octanol–water partition coefficient (Wildman–Crippen LogP) is 3.54. The number of nitrogens with one attached hydrogen (secondary N) is 1. The highest BCUT2D eigenvalue weighted by Crippen LogP contribution is 2.11. The third-order valence-electron chi connectivity index (χ3n) is 3.67. The number of rotatable bonds is 7. The summed E-state index contributed by atoms with van der Waals surface area (Å²) in [6.45, 7) is 7.19. The van der Waals surface area contributed by atoms with E-state index in [1.807, 2.05) is 0 Å². The molecule has 0 unspecified atom stereocenters. The van der Waals surface area contributed by atoms with Gasteiger partial charge in [-0.2, -0.15) is 0 Å². The molecule has 0 saturated carbocycles. The number of hydrogen-bond acceptors (Lipinski definition) is 2. The van der Waals surface area contributed by atoms with Crippen LogP contribution in [0.4, 0.5) is 5.69 Å². The zero-order valence-corrected chi connectivity index (χ0v) is 11.6. The van der Waals surface area contributed by atoms with Gasteiger partial charge in [-0.05, 0) is 63.0 Å². The summed E-state index contributed by atoms with van der Waals surface area (Å²) in [5.41, 5.74) is 2.70. The zero-order valence-electron chi connectivity index (χ0n) is 11.6. The fourth-order valence-corrected chi connectivity index (χ4v) is 2.62. The molecule has 1 aromatic rings. The Labute approximate surface area is 111 Å². The Balaban J connectivity index is 1.63. The van der Waals surface area contributed by atoms with Gasteiger partial charge in [0.2, 0.25) is 0 Å². The first kappa shape index (κ1) is 13.4. The Kier molecular flexibility index (Phi) is 5.53. The molecule has 0 aliphatic carbocycles. The molecule has 1 heterocycles. The summed E-state index contributed by atoms with van der Waals surface area (Å²) in [4.78, 5) is 2.58. The van der Waals surface area contributed by atoms with Crippen molar-refractivity contribution in [2.45, 2.75) is 39.0 Å². The molecule has 0 bridgehead atoms. The van der Waals surface area contributed by atoms with Gasteiger partial charge in [-0.3, -0.25) is 0 Å². The van der Waals surface area contributed by atoms with Crippen LogP contribution >= 0.6 is 0 Å². The third-order valence-corrected chi connectivity index (χ3v) is 3.67. The van der Waals surface area contributed by atoms with Crippen LogP contribution in [0.3, 0.4) is 0 Å². The smallest absolute Gasteiger partial charge is 0.0340 e. The van der Waals surface area contributed by atoms with Gasteiger partial charge in [0, 0.05) is 12.2 Å². The standard InChI is InChI=1S/C16H26N2/c1-2-6-15-7-9-16(10-8-15)17-11-5-14-18-12-3-4-13-18/h7-10,17H,2-6,11-14H2,1H3. The maximum absolute atomic E-state index is 3.51. The lowest BCUT2D eigenvalue weighted by Gasteiger charge is -2.14. The van der Waals surface area contributed by atoms with E-state index in [-0.39, 0.29) is 0 Å². The molecule has 1 aliphatic heterocycles. The van der Waals surface area contributed by atoms with Gasteiger partial charge in [0.15, 0.2) is 0 Å². The Morgan fingerprint density at radius 3 is 2.50 bits per heavy atom. The molecule has 2 nitrogen and oxygen atoms in total. The summed E-state index contributed by atoms with van der Waals surface area (Å²) in [5.74, 6) is 0. The predicted molar refractivity (Wildman–Crippen MR) is 79.2 cm³/mol. The molecular formula is C16H26N2. The minimum atomic E-state index is 1.09. The fraction of sp³-hybridized carbons (Fsp3) is 0.625. The van der Waals surface area contributed by atoms with E-state index in [9.17, 15) is 0 Å². The number of hydrogen-bond donors (Lipinski definition) is 1. The largest absolute Gasteiger partial charge is 0.385 e. The van der Waals surface area contributed by atoms with E-state index in [0.29, 0.717) is 0 Å². The summed E-state index contributed by atoms with van der Waals surface area (Å²) in [7, 11) is 0. The van der Waals surface area contributed by atoms with Gasteiger partial charge in [0.1, 0.15) is 0 Å². The molecule has 1 fully saturated rings. The molecule has 1 aliphatic rings. The third kappa shape index (κ3) is 4.34. The van der Waals surface area contributed by atoms with Crippen molar-refractivity contribution < 1.29 is 0 Å². The Morgan fingerprint density at radius 1 is 1.11 bits per heavy atom. The molecule has 1 N–H and O–H groups in total. The number of aryl methyl sites for hydroxylation is 1. The SMILES string of the molecule is CCCc1ccc(NCCCN2CCCC2)cc1. The summed E-state index contributed by atoms with van der Waals surface area (Å²) >= 11 is 0. The summed E-state index contributed by atoms with van der Waals surface area (Å²) in [6, 6.07) is 8.90. The van der Waals surface area contributed by atoms with Crippen molar-refractivity contribution in [1.82, 2.24) is 4.90 Å². The van der Waals surface area contributed by atoms with Crippen molar-refractivity contribution >= 4 is 5.69 Å². The van der Waals surface area contributed by atoms with Crippen LogP contribution in [0.5, 0.6) is 0 Å². The molecule has 1 saturated heterocycles. The molecule has 2 rings (SSSR count). The first-order valence-electron chi connectivity index (χ1n) is 7.43. The van der Waals surface area contributed by atoms with Gasteiger partial charge in [-0.15, -0.1) is 0 Å². The second-order valence-corrected chi connectivity index (χ2v) is 5.28. The van der Waals surface area contributed by atoms with Crippen molar-refractivity contribution in [3.05, 3.63) is 29.8 Å². The van der Waals surface area contributed by atoms with Crippen LogP contribution < -0.4 is 5.32 Å². The van der Waals surface area contributed by atoms with Crippen molar-refractivity contribution in [1.29, 1.82) is 0 Å². The van der Waals surface area contributed by atoms with Gasteiger partial charge < -0.3 is 10.2 Å². The van der Waals surface area contributed by atoms with Gasteiger partial charge in [-0.1, -0.05) is 25.5 Å². The first-order chi connectivity index (χ1) is 8.88. The van der Waals surface area contributed by atoms with Crippen LogP contribution in [0, 0.1) is 0 Å². The minimum Gasteiger partial charge on any atom is -0.385 e. The van der Waals surface area contributed by atoms with E-state index in [2.05, 4.69) is 41.4 Å². The van der Waals surface area contributed by atoms with Gasteiger partial charge in [-0.25, -0.2) is 0 Å². The molecular weight excluding hydrogens is 220 g/mol. The lowest BCUT2D eigenvalue weighted by molar-refractivity contribution is 0.337. The van der Waals surface area contributed by atoms with Crippen LogP contribution in [-0.4, -0.2) is 31.1 Å². The van der Waals surface area contributed by atoms with Crippen LogP contribution in [0.25, 0.3) is 0 Å². The second-order valence-electron chi connectivity index (χ2n) is 5.28. The van der Waals surface area contributed by atoms with E-state index >= 15 is 0 Å². The molecule has 0 aromatic heterocycles. The molecule has 0 amide bonds. The summed E-state index contributed by atoms with van der Waals surface area (Å²) in [5, 5.41) is 3.51. The van der Waals surface area contributed by atoms with Gasteiger partial charge in [0.25, 0.3) is 0 Å². The second kappa shape index (κ2) is 7.42. The Morgan fingerprint density at radius 2 is 1.83 bits per heavy atom. The van der Waals surface area contributed by atoms with Crippen molar-refractivity contribution in [2.75, 3.05) is 31.5 Å². The Hall–Kier alpha value is -1.02. The molecule has 0 atom stereocenters. The van der Waals surface area contributed by atoms with E-state index in [1.165, 1.54) is 63.0 Å². The molecule has 1 aromatic carbocycles. The maximum Gasteiger partial charge on any atom is 0.0340 e. The average Bonchev–Trinajstić information content (AvgIpc) is 2.90. The van der Waals surface area contributed by atoms with Crippen LogP contribution in [0.2, 0.25) is 0 Å². The lowest BCUT2D eigenvalue weighted by Crippen LogP contribution is -2.22. The average molecular weight is 246 g/mol. The quantitative estimate of drug-likeness (QED) is 0.740. The van der Waals surface area contributed by atoms with Crippen LogP contribution in [0.15, 0.2) is 24.3 Å². The first-order valence-corrected chi connectivity index (χ1v) is 7.43. The van der Waals surface area contributed by atoms with Crippen molar-refractivity contribution in [2.24, 2.45) is 0 Å². The van der Waals surface area contributed by atoms with E-state index < -0.39 is 0 Å². The van der Waals surface area contributed by atoms with E-state index in [1.54, 1.807) is 0 Å². The highest BCUT2D eigenvalue weighted by molar-refractivity contribution is 5.44. The highest BCUT2D eigenvalue weighted by atomic mass is 15.1. The maximum atomic E-state index is 3.51. The lowest BCUT2D eigenvalue weighted by atomic mass is 10.1. The Bertz CT molecular complexity index is 325. The number of likely N-dealkylation sites (tertiary alicyclic amines) is 1. The van der Waals surface area contributed by atoms with E-state index in [0.717, 1.165) is 6.54 Å². The van der Waals surface area contributed by atoms with Gasteiger partial charge >= 0.3 is 0 Å². The summed E-state index contributed by atoms with van der Waals surface area (Å²) in [6.07, 6.45) is 6.45. The normalized spacial score (nSPS) is 16.1. The number of anilines is 1. The molecule has 0 radical (unpaired) electrons. The molecule has 2 heteroatoms. The molecule has 100 valence electrons. The van der Waals surface area contributed by atoms with Crippen LogP contribution in [0.1, 0.15) is 38.2 Å². The number of nitrogens with zero attached hydrogens (tertiary/aromatic N) is 1. The minimum absolute atomic E-state index is 1.09. The van der Waals surface area contributed by atoms with Gasteiger partial charge in [0.05, 0.1) is 0 Å². The topological polar surface area (TPSA) is 15.3 Å². The fourth-order valence-electron chi connectivity index (χ4n) is 2.62. The zero-order chi connectivity index (χ0) is 12.6. The van der Waals surface area contributed by atoms with Crippen molar-refractivity contribution in [3.63, 3.8) is 0 Å². The molecule has 18 heavy (non-hydrogen) atoms. The van der Waals surface area contributed by atoms with E-state index in [4.69, 9.17) is 0 Å².